The number of aliphatic hydroxyl groups excluding tert-OH is 1. The minimum Gasteiger partial charge on any atom is -0.491 e. The molecular weight excluding hydrogens is 345 g/mol. The highest BCUT2D eigenvalue weighted by Crippen LogP contribution is 2.21. The minimum absolute atomic E-state index is 0.0949. The smallest absolute Gasteiger partial charge is 0.126 e. The Balaban J connectivity index is 1.40. The highest BCUT2D eigenvalue weighted by Gasteiger charge is 2.25. The number of rotatable bonds is 7. The molecule has 0 spiro atoms. The van der Waals surface area contributed by atoms with Gasteiger partial charge < -0.3 is 14.6 Å². The van der Waals surface area contributed by atoms with E-state index in [1.165, 1.54) is 12.1 Å². The van der Waals surface area contributed by atoms with Crippen LogP contribution in [-0.2, 0) is 0 Å². The minimum atomic E-state index is -0.641. The summed E-state index contributed by atoms with van der Waals surface area (Å²) in [7, 11) is 0. The van der Waals surface area contributed by atoms with Crippen LogP contribution in [0.2, 0.25) is 5.02 Å². The first-order valence-corrected chi connectivity index (χ1v) is 8.67. The van der Waals surface area contributed by atoms with Gasteiger partial charge in [0.15, 0.2) is 0 Å². The van der Waals surface area contributed by atoms with Crippen LogP contribution in [0.25, 0.3) is 0 Å². The van der Waals surface area contributed by atoms with Gasteiger partial charge in [-0.05, 0) is 42.8 Å². The second-order valence-corrected chi connectivity index (χ2v) is 6.60. The largest absolute Gasteiger partial charge is 0.491 e. The number of hydrogen-bond acceptors (Lipinski definition) is 4. The van der Waals surface area contributed by atoms with Crippen LogP contribution in [0.15, 0.2) is 48.5 Å². The van der Waals surface area contributed by atoms with Gasteiger partial charge in [-0.25, -0.2) is 4.39 Å². The Morgan fingerprint density at radius 1 is 1.20 bits per heavy atom. The first-order valence-electron chi connectivity index (χ1n) is 8.29. The summed E-state index contributed by atoms with van der Waals surface area (Å²) in [4.78, 5) is 2.14. The maximum Gasteiger partial charge on any atom is 0.126 e. The van der Waals surface area contributed by atoms with Gasteiger partial charge in [-0.15, -0.1) is 0 Å². The number of aliphatic hydroxyl groups is 1. The van der Waals surface area contributed by atoms with E-state index in [2.05, 4.69) is 4.90 Å². The van der Waals surface area contributed by atoms with Crippen LogP contribution in [0.4, 0.5) is 4.39 Å². The molecule has 2 atom stereocenters. The number of likely N-dealkylation sites (tertiary alicyclic amines) is 1. The van der Waals surface area contributed by atoms with Crippen molar-refractivity contribution >= 4 is 11.6 Å². The summed E-state index contributed by atoms with van der Waals surface area (Å²) in [6, 6.07) is 13.2. The molecule has 1 saturated heterocycles. The van der Waals surface area contributed by atoms with Crippen molar-refractivity contribution in [3.8, 4) is 11.5 Å². The predicted molar refractivity (Wildman–Crippen MR) is 94.8 cm³/mol. The van der Waals surface area contributed by atoms with Crippen LogP contribution in [-0.4, -0.2) is 48.5 Å². The molecule has 0 bridgehead atoms. The zero-order chi connectivity index (χ0) is 17.6. The van der Waals surface area contributed by atoms with Gasteiger partial charge in [0, 0.05) is 30.7 Å². The second kappa shape index (κ2) is 8.52. The molecule has 4 nitrogen and oxygen atoms in total. The lowest BCUT2D eigenvalue weighted by Crippen LogP contribution is -2.35. The standard InChI is InChI=1S/C19H21ClFNO3/c20-14-4-6-17(7-5-14)25-19-8-9-22(12-19)11-16(23)13-24-18-3-1-2-15(21)10-18/h1-7,10,16,19,23H,8-9,11-13H2. The third-order valence-electron chi connectivity index (χ3n) is 4.05. The molecule has 0 amide bonds. The first-order chi connectivity index (χ1) is 12.1. The van der Waals surface area contributed by atoms with E-state index in [0.717, 1.165) is 25.3 Å². The molecule has 1 N–H and O–H groups in total. The van der Waals surface area contributed by atoms with E-state index in [9.17, 15) is 9.50 Å². The Morgan fingerprint density at radius 2 is 2.00 bits per heavy atom. The maximum absolute atomic E-state index is 13.1. The van der Waals surface area contributed by atoms with Crippen molar-refractivity contribution in [2.24, 2.45) is 0 Å². The van der Waals surface area contributed by atoms with E-state index >= 15 is 0 Å². The molecule has 1 aliphatic rings. The number of nitrogens with zero attached hydrogens (tertiary/aromatic N) is 1. The summed E-state index contributed by atoms with van der Waals surface area (Å²) < 4.78 is 24.5. The Kier molecular flexibility index (Phi) is 6.13. The third-order valence-corrected chi connectivity index (χ3v) is 4.30. The van der Waals surface area contributed by atoms with Crippen molar-refractivity contribution in [2.75, 3.05) is 26.2 Å². The second-order valence-electron chi connectivity index (χ2n) is 6.16. The Morgan fingerprint density at radius 3 is 2.76 bits per heavy atom. The van der Waals surface area contributed by atoms with E-state index < -0.39 is 6.10 Å². The zero-order valence-electron chi connectivity index (χ0n) is 13.8. The summed E-state index contributed by atoms with van der Waals surface area (Å²) in [5.41, 5.74) is 0. The third kappa shape index (κ3) is 5.59. The quantitative estimate of drug-likeness (QED) is 0.816. The topological polar surface area (TPSA) is 41.9 Å². The van der Waals surface area contributed by atoms with Gasteiger partial charge in [0.1, 0.15) is 36.1 Å². The number of ether oxygens (including phenoxy) is 2. The molecule has 1 aliphatic heterocycles. The van der Waals surface area contributed by atoms with Crippen molar-refractivity contribution < 1.29 is 19.0 Å². The van der Waals surface area contributed by atoms with Gasteiger partial charge in [-0.2, -0.15) is 0 Å². The molecule has 3 rings (SSSR count). The van der Waals surface area contributed by atoms with Gasteiger partial charge in [0.25, 0.3) is 0 Å². The van der Waals surface area contributed by atoms with Crippen molar-refractivity contribution in [1.29, 1.82) is 0 Å². The van der Waals surface area contributed by atoms with Gasteiger partial charge in [0.2, 0.25) is 0 Å². The summed E-state index contributed by atoms with van der Waals surface area (Å²) in [5.74, 6) is 0.865. The van der Waals surface area contributed by atoms with Crippen LogP contribution >= 0.6 is 11.6 Å². The molecule has 0 aliphatic carbocycles. The summed E-state index contributed by atoms with van der Waals surface area (Å²) in [6.45, 7) is 2.23. The summed E-state index contributed by atoms with van der Waals surface area (Å²) >= 11 is 5.87. The lowest BCUT2D eigenvalue weighted by molar-refractivity contribution is 0.0719. The van der Waals surface area contributed by atoms with Gasteiger partial charge in [-0.1, -0.05) is 17.7 Å². The van der Waals surface area contributed by atoms with Gasteiger partial charge >= 0.3 is 0 Å². The fourth-order valence-corrected chi connectivity index (χ4v) is 2.99. The summed E-state index contributed by atoms with van der Waals surface area (Å²) in [5, 5.41) is 10.8. The van der Waals surface area contributed by atoms with E-state index in [1.807, 2.05) is 12.1 Å². The molecule has 2 aromatic carbocycles. The van der Waals surface area contributed by atoms with Crippen LogP contribution in [0, 0.1) is 5.82 Å². The molecule has 25 heavy (non-hydrogen) atoms. The van der Waals surface area contributed by atoms with Crippen LogP contribution < -0.4 is 9.47 Å². The fraction of sp³-hybridized carbons (Fsp3) is 0.368. The average molecular weight is 366 g/mol. The Hall–Kier alpha value is -1.82. The van der Waals surface area contributed by atoms with Crippen LogP contribution in [0.3, 0.4) is 0 Å². The highest BCUT2D eigenvalue weighted by molar-refractivity contribution is 6.30. The van der Waals surface area contributed by atoms with E-state index in [-0.39, 0.29) is 18.5 Å². The van der Waals surface area contributed by atoms with Crippen molar-refractivity contribution in [3.05, 3.63) is 59.4 Å². The predicted octanol–water partition coefficient (Wildman–Crippen LogP) is 3.37. The van der Waals surface area contributed by atoms with Crippen molar-refractivity contribution in [3.63, 3.8) is 0 Å². The molecule has 1 heterocycles. The van der Waals surface area contributed by atoms with E-state index in [1.54, 1.807) is 24.3 Å². The molecule has 1 fully saturated rings. The first kappa shape index (κ1) is 18.0. The SMILES string of the molecule is OC(COc1cccc(F)c1)CN1CCC(Oc2ccc(Cl)cc2)C1. The van der Waals surface area contributed by atoms with Gasteiger partial charge in [-0.3, -0.25) is 4.90 Å². The molecule has 0 radical (unpaired) electrons. The maximum atomic E-state index is 13.1. The molecule has 6 heteroatoms. The number of halogens is 2. The van der Waals surface area contributed by atoms with Gasteiger partial charge in [0.05, 0.1) is 0 Å². The molecule has 2 unspecified atom stereocenters. The van der Waals surface area contributed by atoms with E-state index in [0.29, 0.717) is 17.3 Å². The zero-order valence-corrected chi connectivity index (χ0v) is 14.5. The monoisotopic (exact) mass is 365 g/mol. The molecule has 0 aromatic heterocycles. The molecule has 0 saturated carbocycles. The van der Waals surface area contributed by atoms with Crippen LogP contribution in [0.1, 0.15) is 6.42 Å². The highest BCUT2D eigenvalue weighted by atomic mass is 35.5. The van der Waals surface area contributed by atoms with Crippen LogP contribution in [0.5, 0.6) is 11.5 Å². The lowest BCUT2D eigenvalue weighted by Gasteiger charge is -2.20. The molecule has 134 valence electrons. The molecular formula is C19H21ClFNO3. The van der Waals surface area contributed by atoms with E-state index in [4.69, 9.17) is 21.1 Å². The number of hydrogen-bond donors (Lipinski definition) is 1. The average Bonchev–Trinajstić information content (AvgIpc) is 3.02. The van der Waals surface area contributed by atoms with Crippen molar-refractivity contribution in [2.45, 2.75) is 18.6 Å². The number of benzene rings is 2. The Labute approximate surface area is 151 Å². The Bertz CT molecular complexity index is 683. The number of β-amino-alcohol motifs (C(OH)–C–C–N with tert-alkyl or cyclic N) is 1. The molecule has 2 aromatic rings. The normalized spacial score (nSPS) is 18.9. The fourth-order valence-electron chi connectivity index (χ4n) is 2.86. The van der Waals surface area contributed by atoms with Crippen molar-refractivity contribution in [1.82, 2.24) is 4.90 Å². The lowest BCUT2D eigenvalue weighted by atomic mass is 10.3. The summed E-state index contributed by atoms with van der Waals surface area (Å²) in [6.07, 6.45) is 0.357.